The summed E-state index contributed by atoms with van der Waals surface area (Å²) < 4.78 is 4.89. The van der Waals surface area contributed by atoms with Gasteiger partial charge in [-0.2, -0.15) is 0 Å². The van der Waals surface area contributed by atoms with Crippen molar-refractivity contribution in [2.24, 2.45) is 0 Å². The van der Waals surface area contributed by atoms with Crippen molar-refractivity contribution in [1.29, 1.82) is 0 Å². The summed E-state index contributed by atoms with van der Waals surface area (Å²) >= 11 is 0. The average Bonchev–Trinajstić information content (AvgIpc) is 2.48. The summed E-state index contributed by atoms with van der Waals surface area (Å²) in [5.74, 6) is -0.502. The number of benzene rings is 1. The van der Waals surface area contributed by atoms with Gasteiger partial charge < -0.3 is 9.64 Å². The van der Waals surface area contributed by atoms with Gasteiger partial charge in [0.15, 0.2) is 0 Å². The largest absolute Gasteiger partial charge is 0.465 e. The minimum atomic E-state index is -0.393. The van der Waals surface area contributed by atoms with Crippen molar-refractivity contribution in [1.82, 2.24) is 9.80 Å². The molecular weight excluding hydrogens is 268 g/mol. The molecule has 5 heteroatoms. The number of likely N-dealkylation sites (N-methyl/N-ethyl adjacent to an activating group) is 2. The summed E-state index contributed by atoms with van der Waals surface area (Å²) in [5, 5.41) is 0. The first kappa shape index (κ1) is 17.2. The van der Waals surface area contributed by atoms with Gasteiger partial charge in [0.1, 0.15) is 12.6 Å². The molecule has 0 spiro atoms. The third kappa shape index (κ3) is 4.86. The van der Waals surface area contributed by atoms with E-state index in [4.69, 9.17) is 4.74 Å². The molecule has 0 aromatic heterocycles. The molecule has 1 rings (SSSR count). The molecule has 0 heterocycles. The van der Waals surface area contributed by atoms with Gasteiger partial charge in [-0.1, -0.05) is 37.3 Å². The molecule has 1 amide bonds. The van der Waals surface area contributed by atoms with Crippen molar-refractivity contribution in [3.8, 4) is 0 Å². The number of ether oxygens (including phenoxy) is 1. The van der Waals surface area contributed by atoms with Gasteiger partial charge in [-0.25, -0.2) is 0 Å². The number of carbonyl (C=O) groups is 2. The van der Waals surface area contributed by atoms with Gasteiger partial charge in [0.25, 0.3) is 0 Å². The maximum Gasteiger partial charge on any atom is 0.325 e. The smallest absolute Gasteiger partial charge is 0.325 e. The maximum absolute atomic E-state index is 12.7. The number of hydrogen-bond acceptors (Lipinski definition) is 4. The van der Waals surface area contributed by atoms with Crippen LogP contribution >= 0.6 is 0 Å². The lowest BCUT2D eigenvalue weighted by Gasteiger charge is -2.30. The maximum atomic E-state index is 12.7. The molecule has 1 atom stereocenters. The Bertz CT molecular complexity index is 462. The lowest BCUT2D eigenvalue weighted by molar-refractivity contribution is -0.149. The number of hydrogen-bond donors (Lipinski definition) is 0. The van der Waals surface area contributed by atoms with Crippen LogP contribution < -0.4 is 0 Å². The fourth-order valence-electron chi connectivity index (χ4n) is 2.09. The second-order valence-corrected chi connectivity index (χ2v) is 4.89. The molecule has 0 bridgehead atoms. The minimum Gasteiger partial charge on any atom is -0.465 e. The fourth-order valence-corrected chi connectivity index (χ4v) is 2.09. The number of carbonyl (C=O) groups excluding carboxylic acids is 2. The van der Waals surface area contributed by atoms with Gasteiger partial charge >= 0.3 is 5.97 Å². The zero-order chi connectivity index (χ0) is 15.8. The Hall–Kier alpha value is -1.88. The first-order valence-electron chi connectivity index (χ1n) is 7.17. The lowest BCUT2D eigenvalue weighted by Crippen LogP contribution is -2.42. The predicted octanol–water partition coefficient (Wildman–Crippen LogP) is 1.70. The Labute approximate surface area is 126 Å². The van der Waals surface area contributed by atoms with E-state index in [9.17, 15) is 9.59 Å². The van der Waals surface area contributed by atoms with Crippen LogP contribution in [0.3, 0.4) is 0 Å². The van der Waals surface area contributed by atoms with Crippen molar-refractivity contribution in [3.63, 3.8) is 0 Å². The Morgan fingerprint density at radius 3 is 2.29 bits per heavy atom. The molecule has 0 aliphatic rings. The molecule has 21 heavy (non-hydrogen) atoms. The van der Waals surface area contributed by atoms with E-state index < -0.39 is 6.04 Å². The molecule has 0 fully saturated rings. The van der Waals surface area contributed by atoms with E-state index in [1.807, 2.05) is 49.2 Å². The SMILES string of the molecule is CCOC(=O)CN(C)C(=O)C(c1ccccc1)N(C)CC. The van der Waals surface area contributed by atoms with Crippen LogP contribution in [0.25, 0.3) is 0 Å². The van der Waals surface area contributed by atoms with E-state index >= 15 is 0 Å². The summed E-state index contributed by atoms with van der Waals surface area (Å²) in [5.41, 5.74) is 0.919. The van der Waals surface area contributed by atoms with Gasteiger partial charge in [-0.15, -0.1) is 0 Å². The summed E-state index contributed by atoms with van der Waals surface area (Å²) in [6, 6.07) is 9.18. The van der Waals surface area contributed by atoms with Crippen LogP contribution in [0.15, 0.2) is 30.3 Å². The molecule has 1 aromatic carbocycles. The number of amides is 1. The Balaban J connectivity index is 2.88. The highest BCUT2D eigenvalue weighted by molar-refractivity contribution is 5.86. The molecule has 0 radical (unpaired) electrons. The fraction of sp³-hybridized carbons (Fsp3) is 0.500. The highest BCUT2D eigenvalue weighted by Gasteiger charge is 2.28. The topological polar surface area (TPSA) is 49.9 Å². The van der Waals surface area contributed by atoms with E-state index in [1.165, 1.54) is 4.90 Å². The van der Waals surface area contributed by atoms with Crippen LogP contribution in [0.4, 0.5) is 0 Å². The highest BCUT2D eigenvalue weighted by Crippen LogP contribution is 2.21. The van der Waals surface area contributed by atoms with Crippen molar-refractivity contribution in [3.05, 3.63) is 35.9 Å². The van der Waals surface area contributed by atoms with Crippen molar-refractivity contribution in [2.45, 2.75) is 19.9 Å². The molecule has 5 nitrogen and oxygen atoms in total. The van der Waals surface area contributed by atoms with E-state index in [2.05, 4.69) is 0 Å². The highest BCUT2D eigenvalue weighted by atomic mass is 16.5. The lowest BCUT2D eigenvalue weighted by atomic mass is 10.0. The second kappa shape index (κ2) is 8.42. The van der Waals surface area contributed by atoms with Gasteiger partial charge in [0.2, 0.25) is 5.91 Å². The van der Waals surface area contributed by atoms with Crippen LogP contribution in [0.5, 0.6) is 0 Å². The van der Waals surface area contributed by atoms with Crippen molar-refractivity contribution >= 4 is 11.9 Å². The zero-order valence-electron chi connectivity index (χ0n) is 13.2. The summed E-state index contributed by atoms with van der Waals surface area (Å²) in [7, 11) is 3.52. The average molecular weight is 292 g/mol. The van der Waals surface area contributed by atoms with Crippen LogP contribution in [0.1, 0.15) is 25.5 Å². The molecule has 0 N–H and O–H groups in total. The van der Waals surface area contributed by atoms with Gasteiger partial charge in [-0.05, 0) is 26.1 Å². The quantitative estimate of drug-likeness (QED) is 0.718. The molecule has 0 saturated heterocycles. The third-order valence-corrected chi connectivity index (χ3v) is 3.34. The Kier molecular flexibility index (Phi) is 6.88. The van der Waals surface area contributed by atoms with E-state index in [1.54, 1.807) is 14.0 Å². The molecule has 0 aliphatic carbocycles. The number of esters is 1. The predicted molar refractivity (Wildman–Crippen MR) is 81.8 cm³/mol. The molecular formula is C16H24N2O3. The van der Waals surface area contributed by atoms with E-state index in [0.717, 1.165) is 12.1 Å². The Morgan fingerprint density at radius 2 is 1.76 bits per heavy atom. The van der Waals surface area contributed by atoms with Gasteiger partial charge in [0.05, 0.1) is 6.61 Å². The summed E-state index contributed by atoms with van der Waals surface area (Å²) in [6.45, 7) is 4.76. The standard InChI is InChI=1S/C16H24N2O3/c1-5-17(3)15(13-10-8-7-9-11-13)16(20)18(4)12-14(19)21-6-2/h7-11,15H,5-6,12H2,1-4H3. The van der Waals surface area contributed by atoms with Crippen LogP contribution in [-0.2, 0) is 14.3 Å². The third-order valence-electron chi connectivity index (χ3n) is 3.34. The van der Waals surface area contributed by atoms with Crippen LogP contribution in [0, 0.1) is 0 Å². The van der Waals surface area contributed by atoms with E-state index in [-0.39, 0.29) is 18.4 Å². The van der Waals surface area contributed by atoms with Crippen LogP contribution in [-0.4, -0.2) is 55.5 Å². The first-order chi connectivity index (χ1) is 10.0. The molecule has 116 valence electrons. The monoisotopic (exact) mass is 292 g/mol. The molecule has 0 aliphatic heterocycles. The summed E-state index contributed by atoms with van der Waals surface area (Å²) in [6.07, 6.45) is 0. The van der Waals surface area contributed by atoms with Gasteiger partial charge in [-0.3, -0.25) is 14.5 Å². The first-order valence-corrected chi connectivity index (χ1v) is 7.17. The zero-order valence-corrected chi connectivity index (χ0v) is 13.2. The van der Waals surface area contributed by atoms with Crippen molar-refractivity contribution in [2.75, 3.05) is 33.8 Å². The second-order valence-electron chi connectivity index (χ2n) is 4.89. The number of rotatable bonds is 7. The van der Waals surface area contributed by atoms with Gasteiger partial charge in [0, 0.05) is 7.05 Å². The minimum absolute atomic E-state index is 0.0342. The van der Waals surface area contributed by atoms with E-state index in [0.29, 0.717) is 6.61 Å². The van der Waals surface area contributed by atoms with Crippen LogP contribution in [0.2, 0.25) is 0 Å². The molecule has 1 unspecified atom stereocenters. The summed E-state index contributed by atoms with van der Waals surface area (Å²) in [4.78, 5) is 27.6. The Morgan fingerprint density at radius 1 is 1.14 bits per heavy atom. The van der Waals surface area contributed by atoms with Crippen molar-refractivity contribution < 1.29 is 14.3 Å². The molecule has 0 saturated carbocycles. The normalized spacial score (nSPS) is 12.0. The molecule has 1 aromatic rings. The number of nitrogens with zero attached hydrogens (tertiary/aromatic N) is 2.